The molecule has 1 fully saturated rings. The molecule has 1 aromatic rings. The Hall–Kier alpha value is -1.22. The lowest BCUT2D eigenvalue weighted by molar-refractivity contribution is -0.168. The van der Waals surface area contributed by atoms with Gasteiger partial charge in [0.05, 0.1) is 0 Å². The largest absolute Gasteiger partial charge is 0.367 e. The molecular weight excluding hydrogens is 282 g/mol. The molecule has 1 aliphatic rings. The van der Waals surface area contributed by atoms with Crippen molar-refractivity contribution in [3.63, 3.8) is 0 Å². The van der Waals surface area contributed by atoms with Crippen LogP contribution in [-0.2, 0) is 17.8 Å². The standard InChI is InChI=1S/C11H15F4N3O2/c12-10(13)11(14,15)5-19-4-8-17-9(20-18-8)3-7(16)6-1-2-6/h6-7,10H,1-5,16H2. The smallest absolute Gasteiger partial charge is 0.330 e. The molecule has 0 radical (unpaired) electrons. The van der Waals surface area contributed by atoms with E-state index in [0.29, 0.717) is 18.2 Å². The maximum Gasteiger partial charge on any atom is 0.330 e. The summed E-state index contributed by atoms with van der Waals surface area (Å²) in [7, 11) is 0. The van der Waals surface area contributed by atoms with Crippen molar-refractivity contribution in [3.8, 4) is 0 Å². The highest BCUT2D eigenvalue weighted by Crippen LogP contribution is 2.32. The molecule has 1 saturated carbocycles. The Morgan fingerprint density at radius 2 is 2.10 bits per heavy atom. The normalized spacial score (nSPS) is 17.7. The zero-order valence-electron chi connectivity index (χ0n) is 10.6. The molecule has 1 heterocycles. The molecule has 2 N–H and O–H groups in total. The number of nitrogens with zero attached hydrogens (tertiary/aromatic N) is 2. The number of halogens is 4. The third-order valence-electron chi connectivity index (χ3n) is 2.99. The van der Waals surface area contributed by atoms with Crippen molar-refractivity contribution in [2.75, 3.05) is 6.61 Å². The van der Waals surface area contributed by atoms with Gasteiger partial charge in [-0.3, -0.25) is 0 Å². The van der Waals surface area contributed by atoms with Gasteiger partial charge in [0.25, 0.3) is 0 Å². The Balaban J connectivity index is 1.75. The molecular formula is C11H15F4N3O2. The number of aromatic nitrogens is 2. The van der Waals surface area contributed by atoms with Gasteiger partial charge in [0.1, 0.15) is 13.2 Å². The number of nitrogens with two attached hydrogens (primary N) is 1. The molecule has 0 saturated heterocycles. The molecule has 5 nitrogen and oxygen atoms in total. The molecule has 0 aliphatic heterocycles. The maximum atomic E-state index is 12.6. The molecule has 0 spiro atoms. The lowest BCUT2D eigenvalue weighted by Crippen LogP contribution is -2.32. The summed E-state index contributed by atoms with van der Waals surface area (Å²) in [4.78, 5) is 3.91. The van der Waals surface area contributed by atoms with Crippen LogP contribution in [0.4, 0.5) is 17.6 Å². The number of hydrogen-bond donors (Lipinski definition) is 1. The summed E-state index contributed by atoms with van der Waals surface area (Å²) >= 11 is 0. The van der Waals surface area contributed by atoms with Gasteiger partial charge in [-0.05, 0) is 18.8 Å². The maximum absolute atomic E-state index is 12.6. The van der Waals surface area contributed by atoms with E-state index in [1.807, 2.05) is 0 Å². The minimum Gasteiger partial charge on any atom is -0.367 e. The van der Waals surface area contributed by atoms with Crippen LogP contribution in [0.25, 0.3) is 0 Å². The fourth-order valence-corrected chi connectivity index (χ4v) is 1.67. The van der Waals surface area contributed by atoms with Gasteiger partial charge in [-0.15, -0.1) is 0 Å². The topological polar surface area (TPSA) is 74.2 Å². The van der Waals surface area contributed by atoms with Crippen LogP contribution < -0.4 is 5.73 Å². The molecule has 0 bridgehead atoms. The van der Waals surface area contributed by atoms with Crippen LogP contribution in [0.5, 0.6) is 0 Å². The van der Waals surface area contributed by atoms with Gasteiger partial charge in [0, 0.05) is 12.5 Å². The molecule has 1 atom stereocenters. The first-order valence-electron chi connectivity index (χ1n) is 6.19. The van der Waals surface area contributed by atoms with E-state index in [1.165, 1.54) is 0 Å². The summed E-state index contributed by atoms with van der Waals surface area (Å²) in [5.74, 6) is -3.39. The van der Waals surface area contributed by atoms with Crippen molar-refractivity contribution in [3.05, 3.63) is 11.7 Å². The van der Waals surface area contributed by atoms with E-state index in [1.54, 1.807) is 0 Å². The number of alkyl halides is 4. The lowest BCUT2D eigenvalue weighted by Gasteiger charge is -2.14. The highest BCUT2D eigenvalue weighted by molar-refractivity contribution is 4.93. The molecule has 1 aliphatic carbocycles. The fraction of sp³-hybridized carbons (Fsp3) is 0.818. The Bertz CT molecular complexity index is 437. The van der Waals surface area contributed by atoms with Crippen LogP contribution >= 0.6 is 0 Å². The van der Waals surface area contributed by atoms with E-state index in [-0.39, 0.29) is 11.9 Å². The minimum atomic E-state index is -4.18. The van der Waals surface area contributed by atoms with Gasteiger partial charge in [-0.1, -0.05) is 5.16 Å². The van der Waals surface area contributed by atoms with Crippen LogP contribution in [-0.4, -0.2) is 35.1 Å². The number of hydrogen-bond acceptors (Lipinski definition) is 5. The summed E-state index contributed by atoms with van der Waals surface area (Å²) < 4.78 is 58.2. The summed E-state index contributed by atoms with van der Waals surface area (Å²) in [5.41, 5.74) is 5.87. The Morgan fingerprint density at radius 3 is 2.70 bits per heavy atom. The van der Waals surface area contributed by atoms with Gasteiger partial charge in [-0.2, -0.15) is 13.8 Å². The third kappa shape index (κ3) is 4.14. The van der Waals surface area contributed by atoms with E-state index < -0.39 is 25.6 Å². The fourth-order valence-electron chi connectivity index (χ4n) is 1.67. The predicted octanol–water partition coefficient (Wildman–Crippen LogP) is 1.77. The van der Waals surface area contributed by atoms with Gasteiger partial charge in [-0.25, -0.2) is 8.78 Å². The third-order valence-corrected chi connectivity index (χ3v) is 2.99. The van der Waals surface area contributed by atoms with Crippen molar-refractivity contribution < 1.29 is 26.8 Å². The second-order valence-corrected chi connectivity index (χ2v) is 4.86. The van der Waals surface area contributed by atoms with Gasteiger partial charge >= 0.3 is 12.3 Å². The molecule has 9 heteroatoms. The average Bonchev–Trinajstić information content (AvgIpc) is 3.12. The minimum absolute atomic E-state index is 0.0352. The first-order chi connectivity index (χ1) is 9.38. The lowest BCUT2D eigenvalue weighted by atomic mass is 10.1. The quantitative estimate of drug-likeness (QED) is 0.740. The highest BCUT2D eigenvalue weighted by atomic mass is 19.3. The zero-order valence-corrected chi connectivity index (χ0v) is 10.6. The molecule has 1 unspecified atom stereocenters. The molecule has 20 heavy (non-hydrogen) atoms. The predicted molar refractivity (Wildman–Crippen MR) is 59.3 cm³/mol. The van der Waals surface area contributed by atoms with Crippen molar-refractivity contribution in [2.24, 2.45) is 11.7 Å². The SMILES string of the molecule is NC(Cc1nc(COCC(F)(F)C(F)F)no1)C1CC1. The summed E-state index contributed by atoms with van der Waals surface area (Å²) in [6.07, 6.45) is -1.20. The molecule has 114 valence electrons. The van der Waals surface area contributed by atoms with E-state index in [2.05, 4.69) is 14.9 Å². The summed E-state index contributed by atoms with van der Waals surface area (Å²) in [6, 6.07) is -0.0626. The number of ether oxygens (including phenoxy) is 1. The van der Waals surface area contributed by atoms with E-state index in [4.69, 9.17) is 10.3 Å². The second-order valence-electron chi connectivity index (χ2n) is 4.86. The van der Waals surface area contributed by atoms with Crippen LogP contribution in [0.15, 0.2) is 4.52 Å². The van der Waals surface area contributed by atoms with Gasteiger partial charge in [0.15, 0.2) is 5.82 Å². The Morgan fingerprint density at radius 1 is 1.40 bits per heavy atom. The molecule has 0 aromatic carbocycles. The monoisotopic (exact) mass is 297 g/mol. The number of rotatable bonds is 8. The molecule has 1 aromatic heterocycles. The van der Waals surface area contributed by atoms with Gasteiger partial charge in [0.2, 0.25) is 5.89 Å². The molecule has 2 rings (SSSR count). The van der Waals surface area contributed by atoms with E-state index in [0.717, 1.165) is 12.8 Å². The summed E-state index contributed by atoms with van der Waals surface area (Å²) in [6.45, 7) is -1.80. The van der Waals surface area contributed by atoms with E-state index in [9.17, 15) is 17.6 Å². The first kappa shape index (κ1) is 15.2. The molecule has 0 amide bonds. The van der Waals surface area contributed by atoms with Crippen molar-refractivity contribution in [2.45, 2.75) is 44.3 Å². The summed E-state index contributed by atoms with van der Waals surface area (Å²) in [5, 5.41) is 3.51. The van der Waals surface area contributed by atoms with E-state index >= 15 is 0 Å². The van der Waals surface area contributed by atoms with Gasteiger partial charge < -0.3 is 15.0 Å². The Kier molecular flexibility index (Phi) is 4.59. The highest BCUT2D eigenvalue weighted by Gasteiger charge is 2.41. The van der Waals surface area contributed by atoms with Crippen LogP contribution in [0.2, 0.25) is 0 Å². The van der Waals surface area contributed by atoms with Crippen molar-refractivity contribution >= 4 is 0 Å². The van der Waals surface area contributed by atoms with Crippen molar-refractivity contribution in [1.29, 1.82) is 0 Å². The van der Waals surface area contributed by atoms with Crippen LogP contribution in [0.1, 0.15) is 24.6 Å². The zero-order chi connectivity index (χ0) is 14.8. The first-order valence-corrected chi connectivity index (χ1v) is 6.19. The van der Waals surface area contributed by atoms with Crippen molar-refractivity contribution in [1.82, 2.24) is 10.1 Å². The van der Waals surface area contributed by atoms with Crippen LogP contribution in [0, 0.1) is 5.92 Å². The second kappa shape index (κ2) is 6.04. The van der Waals surface area contributed by atoms with Crippen LogP contribution in [0.3, 0.4) is 0 Å². The average molecular weight is 297 g/mol. The Labute approximate surface area is 112 Å².